The van der Waals surface area contributed by atoms with E-state index in [1.165, 1.54) is 20.2 Å². The van der Waals surface area contributed by atoms with Gasteiger partial charge in [-0.25, -0.2) is 4.99 Å². The number of nitrogens with zero attached hydrogens (tertiary/aromatic N) is 1. The van der Waals surface area contributed by atoms with Crippen LogP contribution in [-0.4, -0.2) is 49.3 Å². The molecule has 0 amide bonds. The lowest BCUT2D eigenvalue weighted by molar-refractivity contribution is -0.154. The van der Waals surface area contributed by atoms with E-state index in [1.807, 2.05) is 0 Å². The lowest BCUT2D eigenvalue weighted by atomic mass is 10.2. The summed E-state index contributed by atoms with van der Waals surface area (Å²) in [7, 11) is 0. The SMILES string of the molecule is CC(=O)OC[C@H]1O[C@H](N/C=N\C(=N)N)CC1OC(C)=O. The summed E-state index contributed by atoms with van der Waals surface area (Å²) >= 11 is 0. The quantitative estimate of drug-likeness (QED) is 0.338. The summed E-state index contributed by atoms with van der Waals surface area (Å²) in [5.41, 5.74) is 5.06. The third-order valence-corrected chi connectivity index (χ3v) is 2.43. The van der Waals surface area contributed by atoms with Crippen molar-refractivity contribution in [3.8, 4) is 0 Å². The summed E-state index contributed by atoms with van der Waals surface area (Å²) in [4.78, 5) is 25.3. The second kappa shape index (κ2) is 7.43. The summed E-state index contributed by atoms with van der Waals surface area (Å²) in [6.07, 6.45) is 0.0608. The number of ether oxygens (including phenoxy) is 3. The number of hydrogen-bond donors (Lipinski definition) is 3. The second-order valence-electron chi connectivity index (χ2n) is 4.16. The minimum absolute atomic E-state index is 0.00465. The Morgan fingerprint density at radius 3 is 2.75 bits per heavy atom. The zero-order valence-electron chi connectivity index (χ0n) is 11.3. The van der Waals surface area contributed by atoms with E-state index in [0.717, 1.165) is 0 Å². The number of guanidine groups is 1. The van der Waals surface area contributed by atoms with Crippen LogP contribution in [0.4, 0.5) is 0 Å². The van der Waals surface area contributed by atoms with Crippen LogP contribution in [-0.2, 0) is 23.8 Å². The van der Waals surface area contributed by atoms with Gasteiger partial charge < -0.3 is 25.3 Å². The molecule has 0 aromatic carbocycles. The van der Waals surface area contributed by atoms with Gasteiger partial charge in [0.25, 0.3) is 0 Å². The van der Waals surface area contributed by atoms with Crippen molar-refractivity contribution in [1.82, 2.24) is 5.32 Å². The average Bonchev–Trinajstić information content (AvgIpc) is 2.67. The molecule has 0 aromatic rings. The van der Waals surface area contributed by atoms with Crippen molar-refractivity contribution in [2.45, 2.75) is 38.7 Å². The fourth-order valence-electron chi connectivity index (χ4n) is 1.70. The first-order valence-electron chi connectivity index (χ1n) is 5.97. The van der Waals surface area contributed by atoms with Crippen molar-refractivity contribution < 1.29 is 23.8 Å². The third kappa shape index (κ3) is 5.65. The van der Waals surface area contributed by atoms with E-state index in [2.05, 4.69) is 10.3 Å². The van der Waals surface area contributed by atoms with Gasteiger partial charge in [-0.1, -0.05) is 0 Å². The summed E-state index contributed by atoms with van der Waals surface area (Å²) < 4.78 is 15.5. The molecule has 0 radical (unpaired) electrons. The molecule has 1 unspecified atom stereocenters. The van der Waals surface area contributed by atoms with E-state index < -0.39 is 30.4 Å². The predicted octanol–water partition coefficient (Wildman–Crippen LogP) is -0.892. The van der Waals surface area contributed by atoms with Gasteiger partial charge in [0.2, 0.25) is 5.96 Å². The van der Waals surface area contributed by atoms with Crippen LogP contribution in [0.15, 0.2) is 4.99 Å². The van der Waals surface area contributed by atoms with E-state index >= 15 is 0 Å². The van der Waals surface area contributed by atoms with Crippen LogP contribution < -0.4 is 11.1 Å². The lowest BCUT2D eigenvalue weighted by Crippen LogP contribution is -2.31. The van der Waals surface area contributed by atoms with Gasteiger partial charge >= 0.3 is 11.9 Å². The predicted molar refractivity (Wildman–Crippen MR) is 69.0 cm³/mol. The van der Waals surface area contributed by atoms with Crippen molar-refractivity contribution in [2.24, 2.45) is 10.7 Å². The number of hydrogen-bond acceptors (Lipinski definition) is 6. The van der Waals surface area contributed by atoms with Crippen LogP contribution in [0.5, 0.6) is 0 Å². The molecule has 0 aromatic heterocycles. The van der Waals surface area contributed by atoms with Gasteiger partial charge in [-0.3, -0.25) is 15.0 Å². The van der Waals surface area contributed by atoms with E-state index in [9.17, 15) is 9.59 Å². The van der Waals surface area contributed by atoms with Crippen molar-refractivity contribution in [2.75, 3.05) is 6.61 Å². The molecule has 1 saturated heterocycles. The largest absolute Gasteiger partial charge is 0.463 e. The Morgan fingerprint density at radius 2 is 2.20 bits per heavy atom. The van der Waals surface area contributed by atoms with Gasteiger partial charge in [0.05, 0.1) is 6.34 Å². The van der Waals surface area contributed by atoms with E-state index in [0.29, 0.717) is 6.42 Å². The van der Waals surface area contributed by atoms with E-state index in [4.69, 9.17) is 25.4 Å². The Balaban J connectivity index is 2.54. The average molecular weight is 286 g/mol. The maximum absolute atomic E-state index is 11.0. The molecule has 0 spiro atoms. The smallest absolute Gasteiger partial charge is 0.303 e. The number of aliphatic imine (C=N–C) groups is 1. The van der Waals surface area contributed by atoms with Crippen molar-refractivity contribution in [3.05, 3.63) is 0 Å². The number of carbonyl (C=O) groups excluding carboxylic acids is 2. The van der Waals surface area contributed by atoms with Crippen LogP contribution in [0.2, 0.25) is 0 Å². The van der Waals surface area contributed by atoms with Crippen LogP contribution >= 0.6 is 0 Å². The molecule has 0 bridgehead atoms. The zero-order valence-corrected chi connectivity index (χ0v) is 11.3. The first-order valence-corrected chi connectivity index (χ1v) is 5.97. The van der Waals surface area contributed by atoms with Crippen molar-refractivity contribution in [1.29, 1.82) is 5.41 Å². The molecule has 1 rings (SSSR count). The topological polar surface area (TPSA) is 136 Å². The molecule has 0 saturated carbocycles. The van der Waals surface area contributed by atoms with E-state index in [-0.39, 0.29) is 12.6 Å². The zero-order chi connectivity index (χ0) is 15.1. The van der Waals surface area contributed by atoms with Gasteiger partial charge in [0.15, 0.2) is 0 Å². The number of carbonyl (C=O) groups is 2. The normalized spacial score (nSPS) is 25.4. The molecule has 112 valence electrons. The molecule has 9 heteroatoms. The number of rotatable bonds is 5. The second-order valence-corrected chi connectivity index (χ2v) is 4.16. The summed E-state index contributed by atoms with van der Waals surface area (Å²) in [6.45, 7) is 2.57. The van der Waals surface area contributed by atoms with Crippen LogP contribution in [0.1, 0.15) is 20.3 Å². The molecule has 1 heterocycles. The monoisotopic (exact) mass is 286 g/mol. The molecule has 1 aliphatic rings. The van der Waals surface area contributed by atoms with Crippen molar-refractivity contribution in [3.63, 3.8) is 0 Å². The van der Waals surface area contributed by atoms with Gasteiger partial charge in [-0.05, 0) is 0 Å². The van der Waals surface area contributed by atoms with Gasteiger partial charge in [0.1, 0.15) is 25.0 Å². The minimum Gasteiger partial charge on any atom is -0.463 e. The van der Waals surface area contributed by atoms with Gasteiger partial charge in [-0.2, -0.15) is 0 Å². The summed E-state index contributed by atoms with van der Waals surface area (Å²) in [6, 6.07) is 0. The Morgan fingerprint density at radius 1 is 1.50 bits per heavy atom. The first kappa shape index (κ1) is 15.9. The molecule has 9 nitrogen and oxygen atoms in total. The van der Waals surface area contributed by atoms with Crippen molar-refractivity contribution >= 4 is 24.2 Å². The highest BCUT2D eigenvalue weighted by atomic mass is 16.6. The molecule has 20 heavy (non-hydrogen) atoms. The van der Waals surface area contributed by atoms with Crippen LogP contribution in [0.25, 0.3) is 0 Å². The Hall–Kier alpha value is -2.16. The molecule has 1 fully saturated rings. The Bertz CT molecular complexity index is 412. The molecular formula is C11H18N4O5. The fourth-order valence-corrected chi connectivity index (χ4v) is 1.70. The molecule has 1 aliphatic heterocycles. The Kier molecular flexibility index (Phi) is 5.91. The highest BCUT2D eigenvalue weighted by molar-refractivity contribution is 5.83. The van der Waals surface area contributed by atoms with Gasteiger partial charge in [0, 0.05) is 20.3 Å². The van der Waals surface area contributed by atoms with Crippen LogP contribution in [0, 0.1) is 5.41 Å². The minimum atomic E-state index is -0.550. The lowest BCUT2D eigenvalue weighted by Gasteiger charge is -2.17. The number of esters is 2. The van der Waals surface area contributed by atoms with E-state index in [1.54, 1.807) is 0 Å². The van der Waals surface area contributed by atoms with Gasteiger partial charge in [-0.15, -0.1) is 0 Å². The highest BCUT2D eigenvalue weighted by Crippen LogP contribution is 2.22. The molecular weight excluding hydrogens is 268 g/mol. The Labute approximate surface area is 116 Å². The molecule has 0 aliphatic carbocycles. The summed E-state index contributed by atoms with van der Waals surface area (Å²) in [5.74, 6) is -1.22. The number of nitrogens with two attached hydrogens (primary N) is 1. The standard InChI is InChI=1S/C11H18N4O5/c1-6(16)18-4-9-8(19-7(2)17)3-10(20-9)14-5-15-11(12)13/h5,8-10H,3-4H2,1-2H3,(H4,12,13,14,15)/t8?,9-,10+/m1/s1. The number of nitrogens with one attached hydrogen (secondary N) is 2. The molecule has 3 atom stereocenters. The third-order valence-electron chi connectivity index (χ3n) is 2.43. The first-order chi connectivity index (χ1) is 9.38. The fraction of sp³-hybridized carbons (Fsp3) is 0.636. The molecule has 4 N–H and O–H groups in total. The highest BCUT2D eigenvalue weighted by Gasteiger charge is 2.38. The maximum Gasteiger partial charge on any atom is 0.303 e. The summed E-state index contributed by atoms with van der Waals surface area (Å²) in [5, 5.41) is 9.69. The maximum atomic E-state index is 11.0. The van der Waals surface area contributed by atoms with Crippen LogP contribution in [0.3, 0.4) is 0 Å².